The van der Waals surface area contributed by atoms with E-state index in [1.165, 1.54) is 11.8 Å². The van der Waals surface area contributed by atoms with Crippen LogP contribution in [0.3, 0.4) is 0 Å². The van der Waals surface area contributed by atoms with Gasteiger partial charge in [-0.05, 0) is 66.3 Å². The second kappa shape index (κ2) is 7.56. The van der Waals surface area contributed by atoms with Crippen LogP contribution in [0.15, 0.2) is 59.0 Å². The van der Waals surface area contributed by atoms with E-state index in [4.69, 9.17) is 9.15 Å². The van der Waals surface area contributed by atoms with E-state index in [-0.39, 0.29) is 5.91 Å². The molecular weight excluding hydrogens is 364 g/mol. The third-order valence-corrected chi connectivity index (χ3v) is 6.42. The molecule has 2 saturated heterocycles. The van der Waals surface area contributed by atoms with E-state index in [1.807, 2.05) is 41.3 Å². The van der Waals surface area contributed by atoms with Gasteiger partial charge in [0.2, 0.25) is 0 Å². The first-order chi connectivity index (χ1) is 14.2. The highest BCUT2D eigenvalue weighted by molar-refractivity contribution is 5.91. The Morgan fingerprint density at radius 2 is 1.86 bits per heavy atom. The van der Waals surface area contributed by atoms with E-state index in [1.54, 1.807) is 6.07 Å². The van der Waals surface area contributed by atoms with Gasteiger partial charge in [-0.1, -0.05) is 30.3 Å². The van der Waals surface area contributed by atoms with Gasteiger partial charge in [0.05, 0.1) is 0 Å². The van der Waals surface area contributed by atoms with E-state index in [0.29, 0.717) is 23.5 Å². The standard InChI is InChI=1S/C24H26N2O3/c27-23(26-13-10-24(11-14-26)9-12-25-17-24)22-8-7-21(29-22)16-28-20-6-5-18-3-1-2-4-19(18)15-20/h1-8,15,25H,9-14,16-17H2. The van der Waals surface area contributed by atoms with Gasteiger partial charge in [-0.3, -0.25) is 4.79 Å². The van der Waals surface area contributed by atoms with Crippen molar-refractivity contribution < 1.29 is 13.9 Å². The zero-order valence-electron chi connectivity index (χ0n) is 16.5. The molecule has 1 amide bonds. The fourth-order valence-electron chi connectivity index (χ4n) is 4.54. The van der Waals surface area contributed by atoms with Gasteiger partial charge >= 0.3 is 0 Å². The maximum atomic E-state index is 12.8. The molecule has 1 spiro atoms. The summed E-state index contributed by atoms with van der Waals surface area (Å²) in [6.07, 6.45) is 3.38. The van der Waals surface area contributed by atoms with E-state index < -0.39 is 0 Å². The number of nitrogens with zero attached hydrogens (tertiary/aromatic N) is 1. The summed E-state index contributed by atoms with van der Waals surface area (Å²) in [4.78, 5) is 14.7. The zero-order valence-corrected chi connectivity index (χ0v) is 16.5. The van der Waals surface area contributed by atoms with Crippen molar-refractivity contribution in [2.45, 2.75) is 25.9 Å². The van der Waals surface area contributed by atoms with Gasteiger partial charge in [0.15, 0.2) is 5.76 Å². The van der Waals surface area contributed by atoms with Gasteiger partial charge in [0.1, 0.15) is 18.1 Å². The average Bonchev–Trinajstić information content (AvgIpc) is 3.42. The van der Waals surface area contributed by atoms with E-state index >= 15 is 0 Å². The molecule has 3 aromatic rings. The number of piperidine rings is 1. The average molecular weight is 390 g/mol. The number of amides is 1. The van der Waals surface area contributed by atoms with Crippen LogP contribution in [0.2, 0.25) is 0 Å². The number of rotatable bonds is 4. The lowest BCUT2D eigenvalue weighted by atomic mass is 9.78. The number of hydrogen-bond acceptors (Lipinski definition) is 4. The molecule has 0 radical (unpaired) electrons. The molecule has 1 aromatic heterocycles. The minimum atomic E-state index is -0.0113. The molecule has 2 aliphatic rings. The van der Waals surface area contributed by atoms with Crippen LogP contribution in [-0.2, 0) is 6.61 Å². The summed E-state index contributed by atoms with van der Waals surface area (Å²) in [5, 5.41) is 5.79. The number of nitrogens with one attached hydrogen (secondary N) is 1. The molecule has 0 unspecified atom stereocenters. The number of hydrogen-bond donors (Lipinski definition) is 1. The van der Waals surface area contributed by atoms with Crippen LogP contribution in [0.4, 0.5) is 0 Å². The monoisotopic (exact) mass is 390 g/mol. The highest BCUT2D eigenvalue weighted by Gasteiger charge is 2.38. The Bertz CT molecular complexity index is 1010. The van der Waals surface area contributed by atoms with Gasteiger partial charge < -0.3 is 19.4 Å². The smallest absolute Gasteiger partial charge is 0.289 e. The first-order valence-electron chi connectivity index (χ1n) is 10.4. The molecule has 0 saturated carbocycles. The van der Waals surface area contributed by atoms with Crippen molar-refractivity contribution >= 4 is 16.7 Å². The molecule has 0 bridgehead atoms. The quantitative estimate of drug-likeness (QED) is 0.724. The Morgan fingerprint density at radius 1 is 1.03 bits per heavy atom. The number of fused-ring (bicyclic) bond motifs is 1. The first-order valence-corrected chi connectivity index (χ1v) is 10.4. The molecule has 2 fully saturated rings. The molecule has 29 heavy (non-hydrogen) atoms. The van der Waals surface area contributed by atoms with Gasteiger partial charge in [0, 0.05) is 19.6 Å². The summed E-state index contributed by atoms with van der Waals surface area (Å²) < 4.78 is 11.7. The van der Waals surface area contributed by atoms with Crippen LogP contribution >= 0.6 is 0 Å². The molecule has 5 heteroatoms. The summed E-state index contributed by atoms with van der Waals surface area (Å²) in [7, 11) is 0. The fraction of sp³-hybridized carbons (Fsp3) is 0.375. The molecule has 2 aromatic carbocycles. The summed E-state index contributed by atoms with van der Waals surface area (Å²) in [5.41, 5.74) is 0.402. The Morgan fingerprint density at radius 3 is 2.66 bits per heavy atom. The van der Waals surface area contributed by atoms with E-state index in [9.17, 15) is 4.79 Å². The second-order valence-electron chi connectivity index (χ2n) is 8.28. The summed E-state index contributed by atoms with van der Waals surface area (Å²) >= 11 is 0. The second-order valence-corrected chi connectivity index (χ2v) is 8.28. The van der Waals surface area contributed by atoms with Gasteiger partial charge in [-0.15, -0.1) is 0 Å². The lowest BCUT2D eigenvalue weighted by Gasteiger charge is -2.38. The molecule has 0 aliphatic carbocycles. The minimum absolute atomic E-state index is 0.0113. The zero-order chi connectivity index (χ0) is 19.7. The number of likely N-dealkylation sites (tertiary alicyclic amines) is 1. The molecule has 5 rings (SSSR count). The molecule has 0 atom stereocenters. The molecule has 1 N–H and O–H groups in total. The van der Waals surface area contributed by atoms with Crippen molar-refractivity contribution in [3.05, 3.63) is 66.1 Å². The van der Waals surface area contributed by atoms with Crippen LogP contribution in [-0.4, -0.2) is 37.0 Å². The highest BCUT2D eigenvalue weighted by atomic mass is 16.5. The third kappa shape index (κ3) is 3.75. The highest BCUT2D eigenvalue weighted by Crippen LogP contribution is 2.37. The van der Waals surface area contributed by atoms with Crippen LogP contribution in [0.25, 0.3) is 10.8 Å². The molecule has 2 aliphatic heterocycles. The van der Waals surface area contributed by atoms with Crippen LogP contribution in [0.1, 0.15) is 35.6 Å². The molecular formula is C24H26N2O3. The molecule has 5 nitrogen and oxygen atoms in total. The maximum absolute atomic E-state index is 12.8. The van der Waals surface area contributed by atoms with Crippen molar-refractivity contribution in [3.8, 4) is 5.75 Å². The predicted molar refractivity (Wildman–Crippen MR) is 112 cm³/mol. The van der Waals surface area contributed by atoms with Gasteiger partial charge in [0.25, 0.3) is 5.91 Å². The fourth-order valence-corrected chi connectivity index (χ4v) is 4.54. The van der Waals surface area contributed by atoms with Crippen LogP contribution in [0.5, 0.6) is 5.75 Å². The molecule has 3 heterocycles. The van der Waals surface area contributed by atoms with Gasteiger partial charge in [-0.2, -0.15) is 0 Å². The number of benzene rings is 2. The van der Waals surface area contributed by atoms with Crippen molar-refractivity contribution in [1.29, 1.82) is 0 Å². The van der Waals surface area contributed by atoms with E-state index in [2.05, 4.69) is 17.4 Å². The van der Waals surface area contributed by atoms with Gasteiger partial charge in [-0.25, -0.2) is 0 Å². The Kier molecular flexibility index (Phi) is 4.76. The van der Waals surface area contributed by atoms with E-state index in [0.717, 1.165) is 50.2 Å². The Hall–Kier alpha value is -2.79. The topological polar surface area (TPSA) is 54.7 Å². The SMILES string of the molecule is O=C(c1ccc(COc2ccc3ccccc3c2)o1)N1CCC2(CCNC2)CC1. The lowest BCUT2D eigenvalue weighted by Crippen LogP contribution is -2.43. The maximum Gasteiger partial charge on any atom is 0.289 e. The largest absolute Gasteiger partial charge is 0.486 e. The normalized spacial score (nSPS) is 18.4. The number of carbonyl (C=O) groups excluding carboxylic acids is 1. The number of carbonyl (C=O) groups is 1. The summed E-state index contributed by atoms with van der Waals surface area (Å²) in [6.45, 7) is 4.12. The Balaban J connectivity index is 1.19. The molecule has 150 valence electrons. The van der Waals surface area contributed by atoms with Crippen molar-refractivity contribution in [1.82, 2.24) is 10.2 Å². The predicted octanol–water partition coefficient (Wildman–Crippen LogP) is 4.23. The summed E-state index contributed by atoms with van der Waals surface area (Å²) in [5.74, 6) is 1.85. The van der Waals surface area contributed by atoms with Crippen LogP contribution < -0.4 is 10.1 Å². The van der Waals surface area contributed by atoms with Crippen LogP contribution in [0, 0.1) is 5.41 Å². The van der Waals surface area contributed by atoms with Crippen molar-refractivity contribution in [3.63, 3.8) is 0 Å². The number of ether oxygens (including phenoxy) is 1. The number of furan rings is 1. The minimum Gasteiger partial charge on any atom is -0.486 e. The van der Waals surface area contributed by atoms with Crippen molar-refractivity contribution in [2.75, 3.05) is 26.2 Å². The lowest BCUT2D eigenvalue weighted by molar-refractivity contribution is 0.0573. The Labute approximate surface area is 170 Å². The first kappa shape index (κ1) is 18.3. The van der Waals surface area contributed by atoms with Crippen molar-refractivity contribution in [2.24, 2.45) is 5.41 Å². The third-order valence-electron chi connectivity index (χ3n) is 6.42. The summed E-state index contributed by atoms with van der Waals surface area (Å²) in [6, 6.07) is 17.8.